The Kier molecular flexibility index (Phi) is 2.72. The van der Waals surface area contributed by atoms with Crippen LogP contribution in [0.2, 0.25) is 0 Å². The molecule has 0 radical (unpaired) electrons. The molecule has 1 amide bonds. The van der Waals surface area contributed by atoms with Crippen LogP contribution in [0.25, 0.3) is 0 Å². The number of fused-ring (bicyclic) bond motifs is 1. The molecule has 1 N–H and O–H groups in total. The molecule has 1 aliphatic rings. The zero-order valence-electron chi connectivity index (χ0n) is 9.08. The molecule has 84 valence electrons. The molecule has 2 atom stereocenters. The first-order valence-corrected chi connectivity index (χ1v) is 5.57. The van der Waals surface area contributed by atoms with E-state index < -0.39 is 5.38 Å². The zero-order chi connectivity index (χ0) is 11.9. The predicted octanol–water partition coefficient (Wildman–Crippen LogP) is 2.55. The first-order chi connectivity index (χ1) is 7.50. The van der Waals surface area contributed by atoms with Crippen LogP contribution < -0.4 is 5.32 Å². The molecule has 0 saturated heterocycles. The fourth-order valence-corrected chi connectivity index (χ4v) is 1.93. The lowest BCUT2D eigenvalue weighted by molar-refractivity contribution is -0.116. The Morgan fingerprint density at radius 2 is 2.19 bits per heavy atom. The highest BCUT2D eigenvalue weighted by atomic mass is 35.5. The van der Waals surface area contributed by atoms with Gasteiger partial charge in [-0.05, 0) is 37.6 Å². The first-order valence-electron chi connectivity index (χ1n) is 5.14. The number of carbonyl (C=O) groups excluding carboxylic acids is 2. The molecule has 1 aromatic rings. The second-order valence-corrected chi connectivity index (χ2v) is 4.65. The topological polar surface area (TPSA) is 46.2 Å². The van der Waals surface area contributed by atoms with Crippen molar-refractivity contribution in [2.24, 2.45) is 0 Å². The summed E-state index contributed by atoms with van der Waals surface area (Å²) in [7, 11) is 0. The Hall–Kier alpha value is -1.35. The van der Waals surface area contributed by atoms with E-state index in [1.807, 2.05) is 6.92 Å². The van der Waals surface area contributed by atoms with Gasteiger partial charge in [0.15, 0.2) is 5.78 Å². The summed E-state index contributed by atoms with van der Waals surface area (Å²) in [6, 6.07) is 5.20. The number of amides is 1. The van der Waals surface area contributed by atoms with Crippen molar-refractivity contribution in [1.82, 2.24) is 0 Å². The van der Waals surface area contributed by atoms with Crippen LogP contribution in [-0.2, 0) is 4.79 Å². The maximum absolute atomic E-state index is 11.7. The maximum Gasteiger partial charge on any atom is 0.231 e. The van der Waals surface area contributed by atoms with Crippen molar-refractivity contribution in [3.05, 3.63) is 29.3 Å². The van der Waals surface area contributed by atoms with E-state index in [4.69, 9.17) is 11.6 Å². The number of Topliss-reactive ketones (excluding diaryl/α,β-unsaturated/α-hetero) is 1. The van der Waals surface area contributed by atoms with Gasteiger partial charge in [0.05, 0.1) is 11.3 Å². The molecule has 0 bridgehead atoms. The molecule has 4 heteroatoms. The van der Waals surface area contributed by atoms with E-state index in [9.17, 15) is 9.59 Å². The number of carbonyl (C=O) groups is 2. The Labute approximate surface area is 98.8 Å². The van der Waals surface area contributed by atoms with Gasteiger partial charge in [0.1, 0.15) is 0 Å². The number of ketones is 1. The summed E-state index contributed by atoms with van der Waals surface area (Å²) in [6.07, 6.45) is 0. The third-order valence-corrected chi connectivity index (χ3v) is 3.01. The average molecular weight is 238 g/mol. The number of benzene rings is 1. The van der Waals surface area contributed by atoms with Crippen LogP contribution >= 0.6 is 11.6 Å². The van der Waals surface area contributed by atoms with Crippen LogP contribution in [0.1, 0.15) is 35.7 Å². The highest BCUT2D eigenvalue weighted by molar-refractivity contribution is 6.33. The van der Waals surface area contributed by atoms with Crippen LogP contribution in [0.3, 0.4) is 0 Å². The van der Waals surface area contributed by atoms with Crippen molar-refractivity contribution < 1.29 is 9.59 Å². The molecule has 1 aromatic carbocycles. The van der Waals surface area contributed by atoms with E-state index in [1.165, 1.54) is 0 Å². The predicted molar refractivity (Wildman–Crippen MR) is 63.1 cm³/mol. The van der Waals surface area contributed by atoms with Gasteiger partial charge in [0.2, 0.25) is 5.91 Å². The number of nitrogens with one attached hydrogen (secondary N) is 1. The Bertz CT molecular complexity index is 468. The Balaban J connectivity index is 2.41. The minimum Gasteiger partial charge on any atom is -0.325 e. The third-order valence-electron chi connectivity index (χ3n) is 2.82. The van der Waals surface area contributed by atoms with Gasteiger partial charge in [-0.2, -0.15) is 0 Å². The molecule has 0 aliphatic carbocycles. The molecule has 0 aromatic heterocycles. The molecule has 2 unspecified atom stereocenters. The fraction of sp³-hybridized carbons (Fsp3) is 0.333. The SMILES string of the molecule is CC(Cl)C(=O)c1ccc2c(c1)C(C)C(=O)N2. The molecule has 1 aliphatic heterocycles. The second-order valence-electron chi connectivity index (χ2n) is 3.99. The van der Waals surface area contributed by atoms with E-state index in [0.29, 0.717) is 5.56 Å². The average Bonchev–Trinajstić information content (AvgIpc) is 2.53. The minimum atomic E-state index is -0.543. The quantitative estimate of drug-likeness (QED) is 0.635. The summed E-state index contributed by atoms with van der Waals surface area (Å²) in [4.78, 5) is 23.1. The van der Waals surface area contributed by atoms with Crippen molar-refractivity contribution >= 4 is 29.0 Å². The summed E-state index contributed by atoms with van der Waals surface area (Å²) < 4.78 is 0. The molecular weight excluding hydrogens is 226 g/mol. The molecule has 3 nitrogen and oxygen atoms in total. The van der Waals surface area contributed by atoms with Gasteiger partial charge in [-0.25, -0.2) is 0 Å². The van der Waals surface area contributed by atoms with Gasteiger partial charge in [0, 0.05) is 11.3 Å². The number of alkyl halides is 1. The smallest absolute Gasteiger partial charge is 0.231 e. The van der Waals surface area contributed by atoms with E-state index in [0.717, 1.165) is 11.3 Å². The van der Waals surface area contributed by atoms with Gasteiger partial charge in [-0.15, -0.1) is 11.6 Å². The van der Waals surface area contributed by atoms with Crippen molar-refractivity contribution in [3.8, 4) is 0 Å². The summed E-state index contributed by atoms with van der Waals surface area (Å²) in [5, 5.41) is 2.22. The molecule has 0 spiro atoms. The monoisotopic (exact) mass is 237 g/mol. The summed E-state index contributed by atoms with van der Waals surface area (Å²) in [6.45, 7) is 3.46. The van der Waals surface area contributed by atoms with Crippen molar-refractivity contribution in [1.29, 1.82) is 0 Å². The zero-order valence-corrected chi connectivity index (χ0v) is 9.84. The van der Waals surface area contributed by atoms with Crippen molar-refractivity contribution in [3.63, 3.8) is 0 Å². The largest absolute Gasteiger partial charge is 0.325 e. The molecule has 2 rings (SSSR count). The van der Waals surface area contributed by atoms with E-state index in [2.05, 4.69) is 5.32 Å². The normalized spacial score (nSPS) is 20.2. The molecule has 16 heavy (non-hydrogen) atoms. The number of rotatable bonds is 2. The summed E-state index contributed by atoms with van der Waals surface area (Å²) >= 11 is 5.75. The molecule has 0 saturated carbocycles. The lowest BCUT2D eigenvalue weighted by Gasteiger charge is -2.06. The fourth-order valence-electron chi connectivity index (χ4n) is 1.80. The van der Waals surface area contributed by atoms with Crippen LogP contribution in [-0.4, -0.2) is 17.1 Å². The minimum absolute atomic E-state index is 0.0291. The second kappa shape index (κ2) is 3.91. The van der Waals surface area contributed by atoms with Gasteiger partial charge in [-0.3, -0.25) is 9.59 Å². The Morgan fingerprint density at radius 3 is 2.81 bits per heavy atom. The molecule has 0 fully saturated rings. The lowest BCUT2D eigenvalue weighted by atomic mass is 9.98. The van der Waals surface area contributed by atoms with Crippen LogP contribution in [0.4, 0.5) is 5.69 Å². The van der Waals surface area contributed by atoms with Gasteiger partial charge >= 0.3 is 0 Å². The molecule has 1 heterocycles. The molecular formula is C12H12ClNO2. The van der Waals surface area contributed by atoms with Crippen LogP contribution in [0.15, 0.2) is 18.2 Å². The van der Waals surface area contributed by atoms with Crippen LogP contribution in [0.5, 0.6) is 0 Å². The third kappa shape index (κ3) is 1.71. The maximum atomic E-state index is 11.7. The van der Waals surface area contributed by atoms with Gasteiger partial charge in [0.25, 0.3) is 0 Å². The van der Waals surface area contributed by atoms with Crippen LogP contribution in [0, 0.1) is 0 Å². The number of hydrogen-bond acceptors (Lipinski definition) is 2. The van der Waals surface area contributed by atoms with Crippen molar-refractivity contribution in [2.75, 3.05) is 5.32 Å². The highest BCUT2D eigenvalue weighted by Crippen LogP contribution is 2.33. The van der Waals surface area contributed by atoms with E-state index >= 15 is 0 Å². The highest BCUT2D eigenvalue weighted by Gasteiger charge is 2.27. The standard InChI is InChI=1S/C12H12ClNO2/c1-6-9-5-8(11(15)7(2)13)3-4-10(9)14-12(6)16/h3-7H,1-2H3,(H,14,16). The summed E-state index contributed by atoms with van der Waals surface area (Å²) in [5.74, 6) is -0.345. The van der Waals surface area contributed by atoms with Gasteiger partial charge in [-0.1, -0.05) is 0 Å². The number of hydrogen-bond donors (Lipinski definition) is 1. The van der Waals surface area contributed by atoms with E-state index in [1.54, 1.807) is 25.1 Å². The number of halogens is 1. The summed E-state index contributed by atoms with van der Waals surface area (Å²) in [5.41, 5.74) is 2.22. The lowest BCUT2D eigenvalue weighted by Crippen LogP contribution is -2.10. The van der Waals surface area contributed by atoms with Gasteiger partial charge < -0.3 is 5.32 Å². The van der Waals surface area contributed by atoms with E-state index in [-0.39, 0.29) is 17.6 Å². The first kappa shape index (κ1) is 11.1. The Morgan fingerprint density at radius 1 is 1.50 bits per heavy atom. The van der Waals surface area contributed by atoms with Crippen molar-refractivity contribution in [2.45, 2.75) is 25.1 Å². The number of anilines is 1.